The van der Waals surface area contributed by atoms with E-state index in [9.17, 15) is 9.59 Å². The minimum Gasteiger partial charge on any atom is -0.475 e. The van der Waals surface area contributed by atoms with E-state index in [-0.39, 0.29) is 5.91 Å². The molecule has 1 atom stereocenters. The van der Waals surface area contributed by atoms with E-state index in [1.54, 1.807) is 20.2 Å². The van der Waals surface area contributed by atoms with Crippen LogP contribution in [0.15, 0.2) is 66.7 Å². The van der Waals surface area contributed by atoms with Crippen LogP contribution in [0.5, 0.6) is 5.75 Å². The number of hydrogen-bond donors (Lipinski definition) is 0. The SMILES string of the molecule is CN(C)C(=O)[C@H](Oc1ccc2ccccc2c1C=O)c1ccccc1. The molecule has 25 heavy (non-hydrogen) atoms. The maximum absolute atomic E-state index is 12.6. The number of ether oxygens (including phenoxy) is 1. The first-order valence-electron chi connectivity index (χ1n) is 8.01. The van der Waals surface area contributed by atoms with Crippen LogP contribution in [-0.4, -0.2) is 31.2 Å². The maximum Gasteiger partial charge on any atom is 0.267 e. The minimum absolute atomic E-state index is 0.184. The molecule has 0 saturated carbocycles. The molecule has 0 N–H and O–H groups in total. The lowest BCUT2D eigenvalue weighted by Crippen LogP contribution is -2.31. The van der Waals surface area contributed by atoms with Crippen molar-refractivity contribution in [1.82, 2.24) is 4.90 Å². The number of carbonyl (C=O) groups is 2. The van der Waals surface area contributed by atoms with Gasteiger partial charge in [0.25, 0.3) is 5.91 Å². The summed E-state index contributed by atoms with van der Waals surface area (Å²) in [6.07, 6.45) is -0.0316. The molecule has 3 aromatic carbocycles. The van der Waals surface area contributed by atoms with Gasteiger partial charge in [-0.3, -0.25) is 9.59 Å². The molecule has 0 saturated heterocycles. The lowest BCUT2D eigenvalue weighted by molar-refractivity contribution is -0.136. The standard InChI is InChI=1S/C21H19NO3/c1-22(2)21(24)20(16-9-4-3-5-10-16)25-19-13-12-15-8-6-7-11-17(15)18(19)14-23/h3-14,20H,1-2H3/t20-/m1/s1. The Labute approximate surface area is 146 Å². The van der Waals surface area contributed by atoms with E-state index in [0.717, 1.165) is 22.6 Å². The summed E-state index contributed by atoms with van der Waals surface area (Å²) in [5.74, 6) is 0.217. The van der Waals surface area contributed by atoms with Gasteiger partial charge in [0.1, 0.15) is 5.75 Å². The van der Waals surface area contributed by atoms with Gasteiger partial charge in [-0.1, -0.05) is 60.7 Å². The first kappa shape index (κ1) is 16.7. The molecular formula is C21H19NO3. The number of hydrogen-bond acceptors (Lipinski definition) is 3. The predicted molar refractivity (Wildman–Crippen MR) is 97.8 cm³/mol. The highest BCUT2D eigenvalue weighted by Crippen LogP contribution is 2.31. The molecule has 0 spiro atoms. The summed E-state index contributed by atoms with van der Waals surface area (Å²) < 4.78 is 6.03. The third-order valence-electron chi connectivity index (χ3n) is 4.06. The molecule has 0 unspecified atom stereocenters. The molecule has 0 aliphatic carbocycles. The number of amides is 1. The number of benzene rings is 3. The maximum atomic E-state index is 12.6. The summed E-state index contributed by atoms with van der Waals surface area (Å²) >= 11 is 0. The van der Waals surface area contributed by atoms with Crippen molar-refractivity contribution in [3.63, 3.8) is 0 Å². The highest BCUT2D eigenvalue weighted by atomic mass is 16.5. The van der Waals surface area contributed by atoms with Crippen LogP contribution in [-0.2, 0) is 4.79 Å². The predicted octanol–water partition coefficient (Wildman–Crippen LogP) is 3.86. The highest BCUT2D eigenvalue weighted by molar-refractivity contribution is 6.01. The normalized spacial score (nSPS) is 11.8. The molecule has 0 heterocycles. The zero-order valence-electron chi connectivity index (χ0n) is 14.2. The fourth-order valence-corrected chi connectivity index (χ4v) is 2.75. The molecule has 3 aromatic rings. The van der Waals surface area contributed by atoms with Gasteiger partial charge in [-0.05, 0) is 16.8 Å². The van der Waals surface area contributed by atoms with Crippen LogP contribution >= 0.6 is 0 Å². The molecule has 0 aliphatic heterocycles. The van der Waals surface area contributed by atoms with Gasteiger partial charge in [-0.15, -0.1) is 0 Å². The molecule has 1 amide bonds. The molecule has 126 valence electrons. The van der Waals surface area contributed by atoms with Crippen LogP contribution in [0, 0.1) is 0 Å². The first-order valence-corrected chi connectivity index (χ1v) is 8.01. The third kappa shape index (κ3) is 3.38. The average molecular weight is 333 g/mol. The smallest absolute Gasteiger partial charge is 0.267 e. The van der Waals surface area contributed by atoms with Gasteiger partial charge in [0.15, 0.2) is 6.29 Å². The largest absolute Gasteiger partial charge is 0.475 e. The molecule has 4 nitrogen and oxygen atoms in total. The number of fused-ring (bicyclic) bond motifs is 1. The Bertz CT molecular complexity index is 903. The molecule has 0 radical (unpaired) electrons. The Kier molecular flexibility index (Phi) is 4.80. The third-order valence-corrected chi connectivity index (χ3v) is 4.06. The number of likely N-dealkylation sites (N-methyl/N-ethyl adjacent to an activating group) is 1. The van der Waals surface area contributed by atoms with E-state index in [0.29, 0.717) is 11.3 Å². The summed E-state index contributed by atoms with van der Waals surface area (Å²) in [7, 11) is 3.37. The lowest BCUT2D eigenvalue weighted by atomic mass is 10.0. The molecule has 0 aliphatic rings. The van der Waals surface area contributed by atoms with Crippen molar-refractivity contribution in [2.45, 2.75) is 6.10 Å². The average Bonchev–Trinajstić information content (AvgIpc) is 2.65. The molecule has 4 heteroatoms. The van der Waals surface area contributed by atoms with Crippen LogP contribution in [0.3, 0.4) is 0 Å². The van der Waals surface area contributed by atoms with Crippen molar-refractivity contribution in [3.05, 3.63) is 77.9 Å². The summed E-state index contributed by atoms with van der Waals surface area (Å²) in [5, 5.41) is 1.76. The van der Waals surface area contributed by atoms with Crippen molar-refractivity contribution in [2.24, 2.45) is 0 Å². The molecule has 0 aromatic heterocycles. The van der Waals surface area contributed by atoms with Gasteiger partial charge >= 0.3 is 0 Å². The second-order valence-corrected chi connectivity index (χ2v) is 5.96. The van der Waals surface area contributed by atoms with E-state index in [4.69, 9.17) is 4.74 Å². The molecule has 3 rings (SSSR count). The van der Waals surface area contributed by atoms with E-state index in [1.165, 1.54) is 4.90 Å². The van der Waals surface area contributed by atoms with Gasteiger partial charge in [-0.25, -0.2) is 0 Å². The van der Waals surface area contributed by atoms with Crippen LogP contribution < -0.4 is 4.74 Å². The van der Waals surface area contributed by atoms with Crippen molar-refractivity contribution < 1.29 is 14.3 Å². The summed E-state index contributed by atoms with van der Waals surface area (Å²) in [6.45, 7) is 0. The van der Waals surface area contributed by atoms with E-state index in [1.807, 2.05) is 60.7 Å². The van der Waals surface area contributed by atoms with Crippen molar-refractivity contribution in [3.8, 4) is 5.75 Å². The number of nitrogens with zero attached hydrogens (tertiary/aromatic N) is 1. The summed E-state index contributed by atoms with van der Waals surface area (Å²) in [5.41, 5.74) is 1.19. The van der Waals surface area contributed by atoms with Crippen LogP contribution in [0.4, 0.5) is 0 Å². The Morgan fingerprint density at radius 2 is 1.64 bits per heavy atom. The number of rotatable bonds is 5. The van der Waals surface area contributed by atoms with Crippen LogP contribution in [0.25, 0.3) is 10.8 Å². The summed E-state index contributed by atoms with van der Waals surface area (Å²) in [4.78, 5) is 25.8. The second-order valence-electron chi connectivity index (χ2n) is 5.96. The highest BCUT2D eigenvalue weighted by Gasteiger charge is 2.25. The zero-order valence-corrected chi connectivity index (χ0v) is 14.2. The fraction of sp³-hybridized carbons (Fsp3) is 0.143. The fourth-order valence-electron chi connectivity index (χ4n) is 2.75. The Morgan fingerprint density at radius 1 is 0.960 bits per heavy atom. The van der Waals surface area contributed by atoms with E-state index >= 15 is 0 Å². The molecular weight excluding hydrogens is 314 g/mol. The van der Waals surface area contributed by atoms with Gasteiger partial charge in [0.2, 0.25) is 6.10 Å². The van der Waals surface area contributed by atoms with Crippen molar-refractivity contribution in [2.75, 3.05) is 14.1 Å². The van der Waals surface area contributed by atoms with Gasteiger partial charge in [-0.2, -0.15) is 0 Å². The Morgan fingerprint density at radius 3 is 2.32 bits per heavy atom. The van der Waals surface area contributed by atoms with Gasteiger partial charge < -0.3 is 9.64 Å². The number of carbonyl (C=O) groups excluding carboxylic acids is 2. The van der Waals surface area contributed by atoms with E-state index < -0.39 is 6.10 Å². The first-order chi connectivity index (χ1) is 12.1. The summed E-state index contributed by atoms with van der Waals surface area (Å²) in [6, 6.07) is 20.5. The lowest BCUT2D eigenvalue weighted by Gasteiger charge is -2.23. The quantitative estimate of drug-likeness (QED) is 0.666. The molecule has 0 bridgehead atoms. The Balaban J connectivity index is 2.07. The van der Waals surface area contributed by atoms with Crippen LogP contribution in [0.2, 0.25) is 0 Å². The van der Waals surface area contributed by atoms with E-state index in [2.05, 4.69) is 0 Å². The number of aldehydes is 1. The van der Waals surface area contributed by atoms with Gasteiger partial charge in [0, 0.05) is 19.7 Å². The van der Waals surface area contributed by atoms with Crippen molar-refractivity contribution >= 4 is 23.0 Å². The van der Waals surface area contributed by atoms with Crippen molar-refractivity contribution in [1.29, 1.82) is 0 Å². The second kappa shape index (κ2) is 7.18. The molecule has 0 fully saturated rings. The van der Waals surface area contributed by atoms with Gasteiger partial charge in [0.05, 0.1) is 5.56 Å². The monoisotopic (exact) mass is 333 g/mol. The topological polar surface area (TPSA) is 46.6 Å². The zero-order chi connectivity index (χ0) is 17.8. The Hall–Kier alpha value is -3.14. The van der Waals surface area contributed by atoms with Crippen LogP contribution in [0.1, 0.15) is 22.0 Å². The minimum atomic E-state index is -0.809.